The first-order valence-corrected chi connectivity index (χ1v) is 9.50. The number of halogens is 2. The van der Waals surface area contributed by atoms with E-state index >= 15 is 0 Å². The molecule has 0 bridgehead atoms. The Morgan fingerprint density at radius 1 is 1.17 bits per heavy atom. The van der Waals surface area contributed by atoms with E-state index < -0.39 is 5.91 Å². The van der Waals surface area contributed by atoms with E-state index in [9.17, 15) is 9.59 Å². The van der Waals surface area contributed by atoms with Crippen LogP contribution in [0.3, 0.4) is 0 Å². The highest BCUT2D eigenvalue weighted by Gasteiger charge is 2.29. The van der Waals surface area contributed by atoms with Gasteiger partial charge in [-0.3, -0.25) is 20.2 Å². The molecule has 2 amide bonds. The van der Waals surface area contributed by atoms with Crippen LogP contribution in [0.5, 0.6) is 0 Å². The summed E-state index contributed by atoms with van der Waals surface area (Å²) in [5, 5.41) is 10.8. The fraction of sp³-hybridized carbons (Fsp3) is 0.100. The molecule has 1 unspecified atom stereocenters. The third-order valence-electron chi connectivity index (χ3n) is 4.37. The maximum absolute atomic E-state index is 12.2. The monoisotopic (exact) mass is 427 g/mol. The molecule has 2 heterocycles. The molecule has 1 aromatic heterocycles. The van der Waals surface area contributed by atoms with E-state index in [0.717, 1.165) is 11.1 Å². The minimum Gasteiger partial charge on any atom is -0.295 e. The number of carbonyl (C=O) groups is 2. The predicted octanol–water partition coefficient (Wildman–Crippen LogP) is 4.17. The van der Waals surface area contributed by atoms with Crippen molar-refractivity contribution < 1.29 is 9.59 Å². The van der Waals surface area contributed by atoms with Crippen molar-refractivity contribution >= 4 is 53.0 Å². The second kappa shape index (κ2) is 8.06. The molecule has 0 radical (unpaired) electrons. The summed E-state index contributed by atoms with van der Waals surface area (Å²) >= 11 is 12.0. The van der Waals surface area contributed by atoms with Crippen LogP contribution in [0.25, 0.3) is 6.08 Å². The molecule has 9 heteroatoms. The standard InChI is InChI=1S/C20H15Cl2N5O2/c21-14-8-5-13(6-9-14)16-11-18(29)24-20-25-19(26-27(16)20)23-17(28)10-7-12-3-1-2-4-15(12)22/h1-10,16H,11H2,(H2,23,24,25,26,28,29)/b10-7+. The van der Waals surface area contributed by atoms with Crippen molar-refractivity contribution in [3.8, 4) is 0 Å². The zero-order valence-corrected chi connectivity index (χ0v) is 16.5. The van der Waals surface area contributed by atoms with Crippen molar-refractivity contribution in [1.82, 2.24) is 14.8 Å². The van der Waals surface area contributed by atoms with Gasteiger partial charge in [0.15, 0.2) is 0 Å². The predicted molar refractivity (Wildman–Crippen MR) is 112 cm³/mol. The average molecular weight is 428 g/mol. The zero-order valence-electron chi connectivity index (χ0n) is 15.0. The normalized spacial score (nSPS) is 15.8. The van der Waals surface area contributed by atoms with Gasteiger partial charge in [-0.05, 0) is 35.4 Å². The van der Waals surface area contributed by atoms with E-state index in [0.29, 0.717) is 10.0 Å². The van der Waals surface area contributed by atoms with Crippen LogP contribution in [-0.4, -0.2) is 26.6 Å². The fourth-order valence-electron chi connectivity index (χ4n) is 2.99. The van der Waals surface area contributed by atoms with E-state index in [1.54, 1.807) is 35.0 Å². The largest absolute Gasteiger partial charge is 0.295 e. The second-order valence-corrected chi connectivity index (χ2v) is 7.21. The lowest BCUT2D eigenvalue weighted by atomic mass is 10.0. The molecular weight excluding hydrogens is 413 g/mol. The van der Waals surface area contributed by atoms with Gasteiger partial charge in [0.1, 0.15) is 0 Å². The Labute approximate surface area is 176 Å². The maximum Gasteiger partial charge on any atom is 0.250 e. The molecule has 0 saturated carbocycles. The number of rotatable bonds is 4. The van der Waals surface area contributed by atoms with Gasteiger partial charge >= 0.3 is 0 Å². The quantitative estimate of drug-likeness (QED) is 0.611. The molecule has 2 aromatic carbocycles. The van der Waals surface area contributed by atoms with Gasteiger partial charge < -0.3 is 0 Å². The smallest absolute Gasteiger partial charge is 0.250 e. The number of benzene rings is 2. The number of carbonyl (C=O) groups excluding carboxylic acids is 2. The third-order valence-corrected chi connectivity index (χ3v) is 4.96. The molecular formula is C20H15Cl2N5O2. The number of hydrogen-bond donors (Lipinski definition) is 2. The van der Waals surface area contributed by atoms with Crippen molar-refractivity contribution in [2.45, 2.75) is 12.5 Å². The summed E-state index contributed by atoms with van der Waals surface area (Å²) in [5.41, 5.74) is 1.59. The summed E-state index contributed by atoms with van der Waals surface area (Å²) in [4.78, 5) is 28.5. The minimum atomic E-state index is -0.415. The van der Waals surface area contributed by atoms with Gasteiger partial charge in [-0.15, -0.1) is 5.10 Å². The number of hydrogen-bond acceptors (Lipinski definition) is 4. The van der Waals surface area contributed by atoms with Crippen LogP contribution in [0.1, 0.15) is 23.6 Å². The molecule has 0 aliphatic carbocycles. The Morgan fingerprint density at radius 3 is 2.69 bits per heavy atom. The van der Waals surface area contributed by atoms with Gasteiger partial charge in [0.05, 0.1) is 12.5 Å². The Morgan fingerprint density at radius 2 is 1.93 bits per heavy atom. The molecule has 1 atom stereocenters. The summed E-state index contributed by atoms with van der Waals surface area (Å²) < 4.78 is 1.58. The Balaban J connectivity index is 1.54. The van der Waals surface area contributed by atoms with Crippen LogP contribution in [0, 0.1) is 0 Å². The molecule has 0 fully saturated rings. The fourth-order valence-corrected chi connectivity index (χ4v) is 3.31. The van der Waals surface area contributed by atoms with Gasteiger partial charge in [-0.25, -0.2) is 4.68 Å². The van der Waals surface area contributed by atoms with Gasteiger partial charge in [-0.2, -0.15) is 4.98 Å². The van der Waals surface area contributed by atoms with Crippen molar-refractivity contribution in [1.29, 1.82) is 0 Å². The van der Waals surface area contributed by atoms with Gasteiger partial charge in [0.2, 0.25) is 11.9 Å². The number of fused-ring (bicyclic) bond motifs is 1. The Kier molecular flexibility index (Phi) is 5.33. The van der Waals surface area contributed by atoms with Crippen molar-refractivity contribution in [3.63, 3.8) is 0 Å². The highest BCUT2D eigenvalue weighted by molar-refractivity contribution is 6.32. The average Bonchev–Trinajstić information content (AvgIpc) is 3.09. The molecule has 1 aliphatic rings. The van der Waals surface area contributed by atoms with Crippen molar-refractivity contribution in [2.75, 3.05) is 10.6 Å². The number of amides is 2. The van der Waals surface area contributed by atoms with E-state index in [1.807, 2.05) is 24.3 Å². The first kappa shape index (κ1) is 19.2. The topological polar surface area (TPSA) is 88.9 Å². The number of nitrogens with one attached hydrogen (secondary N) is 2. The molecule has 3 aromatic rings. The lowest BCUT2D eigenvalue weighted by molar-refractivity contribution is -0.117. The second-order valence-electron chi connectivity index (χ2n) is 6.37. The van der Waals surface area contributed by atoms with Crippen molar-refractivity contribution in [2.24, 2.45) is 0 Å². The van der Waals surface area contributed by atoms with Crippen molar-refractivity contribution in [3.05, 3.63) is 75.8 Å². The summed E-state index contributed by atoms with van der Waals surface area (Å²) in [6.07, 6.45) is 3.15. The molecule has 0 spiro atoms. The minimum absolute atomic E-state index is 0.0926. The first-order chi connectivity index (χ1) is 14.0. The molecule has 0 saturated heterocycles. The third kappa shape index (κ3) is 4.31. The van der Waals surface area contributed by atoms with Crippen LogP contribution in [-0.2, 0) is 9.59 Å². The Hall–Kier alpha value is -3.16. The number of anilines is 2. The van der Waals surface area contributed by atoms with E-state index in [2.05, 4.69) is 20.7 Å². The summed E-state index contributed by atoms with van der Waals surface area (Å²) in [6.45, 7) is 0. The first-order valence-electron chi connectivity index (χ1n) is 8.75. The highest BCUT2D eigenvalue weighted by Crippen LogP contribution is 2.30. The molecule has 7 nitrogen and oxygen atoms in total. The highest BCUT2D eigenvalue weighted by atomic mass is 35.5. The van der Waals surface area contributed by atoms with Gasteiger partial charge in [0, 0.05) is 16.1 Å². The van der Waals surface area contributed by atoms with Crippen LogP contribution < -0.4 is 10.6 Å². The van der Waals surface area contributed by atoms with Crippen LogP contribution >= 0.6 is 23.2 Å². The molecule has 2 N–H and O–H groups in total. The summed E-state index contributed by atoms with van der Waals surface area (Å²) in [5.74, 6) is -0.231. The van der Waals surface area contributed by atoms with Crippen LogP contribution in [0.15, 0.2) is 54.6 Å². The van der Waals surface area contributed by atoms with Crippen LogP contribution in [0.4, 0.5) is 11.9 Å². The van der Waals surface area contributed by atoms with Crippen LogP contribution in [0.2, 0.25) is 10.0 Å². The van der Waals surface area contributed by atoms with E-state index in [-0.39, 0.29) is 30.3 Å². The summed E-state index contributed by atoms with van der Waals surface area (Å²) in [6, 6.07) is 14.0. The molecule has 4 rings (SSSR count). The maximum atomic E-state index is 12.2. The molecule has 146 valence electrons. The zero-order chi connectivity index (χ0) is 20.4. The number of aromatic nitrogens is 3. The lowest BCUT2D eigenvalue weighted by Crippen LogP contribution is -2.29. The molecule has 29 heavy (non-hydrogen) atoms. The van der Waals surface area contributed by atoms with E-state index in [4.69, 9.17) is 23.2 Å². The lowest BCUT2D eigenvalue weighted by Gasteiger charge is -2.23. The van der Waals surface area contributed by atoms with Gasteiger partial charge in [-0.1, -0.05) is 53.5 Å². The summed E-state index contributed by atoms with van der Waals surface area (Å²) in [7, 11) is 0. The Bertz CT molecular complexity index is 1110. The number of nitrogens with zero attached hydrogens (tertiary/aromatic N) is 3. The SMILES string of the molecule is O=C(/C=C/c1ccccc1Cl)Nc1nc2n(n1)C(c1ccc(Cl)cc1)CC(=O)N2. The van der Waals surface area contributed by atoms with E-state index in [1.165, 1.54) is 6.08 Å². The van der Waals surface area contributed by atoms with Gasteiger partial charge in [0.25, 0.3) is 11.9 Å². The molecule has 1 aliphatic heterocycles.